The van der Waals surface area contributed by atoms with Gasteiger partial charge in [0.05, 0.1) is 25.0 Å². The fourth-order valence-electron chi connectivity index (χ4n) is 3.82. The molecule has 1 N–H and O–H groups in total. The molecule has 0 saturated carbocycles. The van der Waals surface area contributed by atoms with Crippen molar-refractivity contribution in [3.05, 3.63) is 81.6 Å². The lowest BCUT2D eigenvalue weighted by Crippen LogP contribution is -2.29. The van der Waals surface area contributed by atoms with E-state index in [4.69, 9.17) is 9.47 Å². The lowest BCUT2D eigenvalue weighted by molar-refractivity contribution is -0.132. The molecule has 1 amide bonds. The monoisotopic (exact) mass is 496 g/mol. The van der Waals surface area contributed by atoms with Crippen molar-refractivity contribution in [1.82, 2.24) is 4.98 Å². The Bertz CT molecular complexity index is 1370. The van der Waals surface area contributed by atoms with E-state index >= 15 is 0 Å². The van der Waals surface area contributed by atoms with Crippen LogP contribution in [-0.2, 0) is 14.3 Å². The fraction of sp³-hybridized carbons (Fsp3) is 0.200. The van der Waals surface area contributed by atoms with Crippen molar-refractivity contribution < 1.29 is 33.4 Å². The SMILES string of the molecule is CCOC(=O)c1sc(N2C(=O)C(=O)C(=C(O)c3cccc(OC)c3)C2c2ccccc2F)nc1C. The number of anilines is 1. The molecule has 1 aliphatic rings. The van der Waals surface area contributed by atoms with Crippen molar-refractivity contribution in [3.8, 4) is 5.75 Å². The van der Waals surface area contributed by atoms with Gasteiger partial charge in [-0.15, -0.1) is 0 Å². The van der Waals surface area contributed by atoms with Gasteiger partial charge in [-0.05, 0) is 32.0 Å². The molecular weight excluding hydrogens is 475 g/mol. The van der Waals surface area contributed by atoms with Gasteiger partial charge in [0.25, 0.3) is 5.78 Å². The number of carbonyl (C=O) groups excluding carboxylic acids is 3. The van der Waals surface area contributed by atoms with Crippen molar-refractivity contribution in [2.75, 3.05) is 18.6 Å². The lowest BCUT2D eigenvalue weighted by Gasteiger charge is -2.23. The summed E-state index contributed by atoms with van der Waals surface area (Å²) in [6.07, 6.45) is 0. The number of hydrogen-bond acceptors (Lipinski definition) is 8. The molecule has 0 bridgehead atoms. The number of carbonyl (C=O) groups is 3. The van der Waals surface area contributed by atoms with Gasteiger partial charge in [-0.3, -0.25) is 14.5 Å². The minimum absolute atomic E-state index is 0.00518. The molecule has 10 heteroatoms. The van der Waals surface area contributed by atoms with Gasteiger partial charge in [-0.2, -0.15) is 0 Å². The number of amides is 1. The third-order valence-electron chi connectivity index (χ3n) is 5.44. The molecule has 1 fully saturated rings. The predicted molar refractivity (Wildman–Crippen MR) is 127 cm³/mol. The Morgan fingerprint density at radius 1 is 1.20 bits per heavy atom. The summed E-state index contributed by atoms with van der Waals surface area (Å²) in [7, 11) is 1.45. The molecule has 180 valence electrons. The van der Waals surface area contributed by atoms with Crippen LogP contribution in [0.4, 0.5) is 9.52 Å². The van der Waals surface area contributed by atoms with Gasteiger partial charge in [-0.1, -0.05) is 41.7 Å². The van der Waals surface area contributed by atoms with Crippen LogP contribution in [0.3, 0.4) is 0 Å². The van der Waals surface area contributed by atoms with E-state index in [1.165, 1.54) is 37.4 Å². The smallest absolute Gasteiger partial charge is 0.350 e. The summed E-state index contributed by atoms with van der Waals surface area (Å²) in [4.78, 5) is 44.2. The largest absolute Gasteiger partial charge is 0.507 e. The first-order chi connectivity index (χ1) is 16.8. The van der Waals surface area contributed by atoms with Crippen molar-refractivity contribution in [3.63, 3.8) is 0 Å². The lowest BCUT2D eigenvalue weighted by atomic mass is 9.95. The van der Waals surface area contributed by atoms with Gasteiger partial charge in [0, 0.05) is 11.1 Å². The summed E-state index contributed by atoms with van der Waals surface area (Å²) in [5.41, 5.74) is 0.192. The van der Waals surface area contributed by atoms with E-state index in [-0.39, 0.29) is 33.3 Å². The summed E-state index contributed by atoms with van der Waals surface area (Å²) < 4.78 is 25.2. The maximum absolute atomic E-state index is 15.0. The molecule has 2 aromatic carbocycles. The number of halogens is 1. The number of aliphatic hydroxyl groups excluding tert-OH is 1. The Morgan fingerprint density at radius 3 is 2.63 bits per heavy atom. The molecule has 1 aliphatic heterocycles. The number of rotatable bonds is 6. The van der Waals surface area contributed by atoms with Crippen LogP contribution in [0.25, 0.3) is 5.76 Å². The van der Waals surface area contributed by atoms with E-state index in [0.717, 1.165) is 16.2 Å². The van der Waals surface area contributed by atoms with E-state index in [2.05, 4.69) is 4.98 Å². The van der Waals surface area contributed by atoms with Crippen LogP contribution < -0.4 is 9.64 Å². The molecule has 0 radical (unpaired) electrons. The average Bonchev–Trinajstić information content (AvgIpc) is 3.36. The molecule has 1 aromatic heterocycles. The number of aliphatic hydroxyl groups is 1. The van der Waals surface area contributed by atoms with E-state index in [1.54, 1.807) is 32.0 Å². The number of ether oxygens (including phenoxy) is 2. The van der Waals surface area contributed by atoms with Crippen molar-refractivity contribution >= 4 is 39.9 Å². The van der Waals surface area contributed by atoms with Gasteiger partial charge < -0.3 is 14.6 Å². The molecule has 0 aliphatic carbocycles. The van der Waals surface area contributed by atoms with Crippen LogP contribution >= 0.6 is 11.3 Å². The van der Waals surface area contributed by atoms with E-state index in [0.29, 0.717) is 11.4 Å². The summed E-state index contributed by atoms with van der Waals surface area (Å²) in [5.74, 6) is -3.39. The van der Waals surface area contributed by atoms with Gasteiger partial charge in [0.1, 0.15) is 28.2 Å². The summed E-state index contributed by atoms with van der Waals surface area (Å²) in [6, 6.07) is 10.6. The molecule has 1 atom stereocenters. The Kier molecular flexibility index (Phi) is 6.65. The Hall–Kier alpha value is -4.05. The minimum atomic E-state index is -1.32. The third-order valence-corrected chi connectivity index (χ3v) is 6.58. The van der Waals surface area contributed by atoms with Gasteiger partial charge in [0.15, 0.2) is 5.13 Å². The van der Waals surface area contributed by atoms with Crippen LogP contribution in [0.5, 0.6) is 5.75 Å². The molecule has 1 unspecified atom stereocenters. The number of nitrogens with zero attached hydrogens (tertiary/aromatic N) is 2. The topological polar surface area (TPSA) is 106 Å². The Labute approximate surface area is 204 Å². The van der Waals surface area contributed by atoms with Gasteiger partial charge in [-0.25, -0.2) is 14.2 Å². The number of hydrogen-bond donors (Lipinski definition) is 1. The van der Waals surface area contributed by atoms with E-state index < -0.39 is 35.3 Å². The quantitative estimate of drug-likeness (QED) is 0.233. The first-order valence-corrected chi connectivity index (χ1v) is 11.4. The number of esters is 1. The van der Waals surface area contributed by atoms with Gasteiger partial charge >= 0.3 is 11.9 Å². The van der Waals surface area contributed by atoms with Gasteiger partial charge in [0.2, 0.25) is 0 Å². The zero-order valence-electron chi connectivity index (χ0n) is 19.1. The molecule has 2 heterocycles. The van der Waals surface area contributed by atoms with Crippen LogP contribution in [0.1, 0.15) is 39.5 Å². The highest BCUT2D eigenvalue weighted by Gasteiger charge is 2.49. The standard InChI is InChI=1S/C25H21FN2O6S/c1-4-34-24(32)22-13(2)27-25(35-22)28-19(16-10-5-6-11-17(16)26)18(21(30)23(28)31)20(29)14-8-7-9-15(12-14)33-3/h5-12,19,29H,4H2,1-3H3. The number of benzene rings is 2. The highest BCUT2D eigenvalue weighted by Crippen LogP contribution is 2.44. The Balaban J connectivity index is 1.93. The Morgan fingerprint density at radius 2 is 1.94 bits per heavy atom. The van der Waals surface area contributed by atoms with Crippen molar-refractivity contribution in [2.24, 2.45) is 0 Å². The molecule has 8 nitrogen and oxygen atoms in total. The molecule has 0 spiro atoms. The average molecular weight is 497 g/mol. The molecular formula is C25H21FN2O6S. The first-order valence-electron chi connectivity index (χ1n) is 10.6. The summed E-state index contributed by atoms with van der Waals surface area (Å²) >= 11 is 0.851. The third kappa shape index (κ3) is 4.28. The zero-order chi connectivity index (χ0) is 25.3. The van der Waals surface area contributed by atoms with Crippen LogP contribution in [0.15, 0.2) is 54.1 Å². The number of ketones is 1. The fourth-order valence-corrected chi connectivity index (χ4v) is 4.81. The van der Waals surface area contributed by atoms with Crippen molar-refractivity contribution in [1.29, 1.82) is 0 Å². The number of aromatic nitrogens is 1. The molecule has 1 saturated heterocycles. The number of thiazole rings is 1. The second-order valence-corrected chi connectivity index (χ2v) is 8.53. The van der Waals surface area contributed by atoms with Crippen molar-refractivity contribution in [2.45, 2.75) is 19.9 Å². The van der Waals surface area contributed by atoms with Crippen LogP contribution in [-0.4, -0.2) is 41.5 Å². The number of Topliss-reactive ketones (excluding diaryl/α,β-unsaturated/α-hetero) is 1. The first kappa shape index (κ1) is 24.1. The number of aryl methyl sites for hydroxylation is 1. The maximum Gasteiger partial charge on any atom is 0.350 e. The van der Waals surface area contributed by atoms with E-state index in [1.807, 2.05) is 0 Å². The summed E-state index contributed by atoms with van der Waals surface area (Å²) in [6.45, 7) is 3.37. The summed E-state index contributed by atoms with van der Waals surface area (Å²) in [5, 5.41) is 11.1. The minimum Gasteiger partial charge on any atom is -0.507 e. The van der Waals surface area contributed by atoms with E-state index in [9.17, 15) is 23.9 Å². The van der Waals surface area contributed by atoms with Crippen LogP contribution in [0.2, 0.25) is 0 Å². The maximum atomic E-state index is 15.0. The zero-order valence-corrected chi connectivity index (χ0v) is 19.9. The molecule has 35 heavy (non-hydrogen) atoms. The molecule has 4 rings (SSSR count). The second kappa shape index (κ2) is 9.67. The predicted octanol–water partition coefficient (Wildman–Crippen LogP) is 4.40. The van der Waals surface area contributed by atoms with Crippen LogP contribution in [0, 0.1) is 12.7 Å². The number of methoxy groups -OCH3 is 1. The highest BCUT2D eigenvalue weighted by atomic mass is 32.1. The normalized spacial score (nSPS) is 17.0. The highest BCUT2D eigenvalue weighted by molar-refractivity contribution is 7.17. The second-order valence-electron chi connectivity index (χ2n) is 7.55. The molecule has 3 aromatic rings.